The second kappa shape index (κ2) is 5.95. The predicted molar refractivity (Wildman–Crippen MR) is 63.2 cm³/mol. The highest BCUT2D eigenvalue weighted by atomic mass is 79.9. The lowest BCUT2D eigenvalue weighted by atomic mass is 10.1. The zero-order valence-corrected chi connectivity index (χ0v) is 10.6. The standard InChI is InChI=1S/C11H16BrNO2/c1-8(2)6-9(7-12)13-11(14)10-4-3-5-15-10/h3-5,8-9H,6-7H2,1-2H3,(H,13,14). The molecule has 4 heteroatoms. The molecule has 1 heterocycles. The van der Waals surface area contributed by atoms with Gasteiger partial charge >= 0.3 is 0 Å². The molecule has 0 spiro atoms. The first-order valence-corrected chi connectivity index (χ1v) is 6.16. The average molecular weight is 274 g/mol. The number of carbonyl (C=O) groups is 1. The van der Waals surface area contributed by atoms with Gasteiger partial charge in [-0.05, 0) is 24.5 Å². The lowest BCUT2D eigenvalue weighted by molar-refractivity contribution is 0.0909. The molecule has 0 fully saturated rings. The Labute approximate surface area is 98.4 Å². The molecular weight excluding hydrogens is 258 g/mol. The summed E-state index contributed by atoms with van der Waals surface area (Å²) in [5, 5.41) is 3.68. The molecule has 84 valence electrons. The Morgan fingerprint density at radius 1 is 1.60 bits per heavy atom. The van der Waals surface area contributed by atoms with Gasteiger partial charge in [0.2, 0.25) is 0 Å². The van der Waals surface area contributed by atoms with Crippen molar-refractivity contribution >= 4 is 21.8 Å². The van der Waals surface area contributed by atoms with Crippen molar-refractivity contribution in [3.63, 3.8) is 0 Å². The molecule has 1 unspecified atom stereocenters. The summed E-state index contributed by atoms with van der Waals surface area (Å²) in [7, 11) is 0. The SMILES string of the molecule is CC(C)CC(CBr)NC(=O)c1ccco1. The minimum atomic E-state index is -0.148. The fourth-order valence-electron chi connectivity index (χ4n) is 1.39. The van der Waals surface area contributed by atoms with Gasteiger partial charge in [-0.15, -0.1) is 0 Å². The predicted octanol–water partition coefficient (Wildman–Crippen LogP) is 2.82. The van der Waals surface area contributed by atoms with Crippen LogP contribution in [0.3, 0.4) is 0 Å². The molecule has 0 bridgehead atoms. The highest BCUT2D eigenvalue weighted by Crippen LogP contribution is 2.08. The van der Waals surface area contributed by atoms with E-state index in [1.165, 1.54) is 6.26 Å². The van der Waals surface area contributed by atoms with Crippen molar-refractivity contribution in [3.05, 3.63) is 24.2 Å². The fraction of sp³-hybridized carbons (Fsp3) is 0.545. The normalized spacial score (nSPS) is 12.8. The Bertz CT molecular complexity index is 296. The van der Waals surface area contributed by atoms with Gasteiger partial charge in [-0.1, -0.05) is 29.8 Å². The molecule has 0 aliphatic heterocycles. The molecule has 0 saturated carbocycles. The smallest absolute Gasteiger partial charge is 0.287 e. The summed E-state index contributed by atoms with van der Waals surface area (Å²) in [5.41, 5.74) is 0. The summed E-state index contributed by atoms with van der Waals surface area (Å²) < 4.78 is 5.02. The maximum atomic E-state index is 11.6. The Balaban J connectivity index is 2.48. The van der Waals surface area contributed by atoms with Crippen LogP contribution in [0.2, 0.25) is 0 Å². The van der Waals surface area contributed by atoms with Crippen molar-refractivity contribution in [2.45, 2.75) is 26.3 Å². The average Bonchev–Trinajstić information content (AvgIpc) is 2.68. The van der Waals surface area contributed by atoms with E-state index < -0.39 is 0 Å². The first-order chi connectivity index (χ1) is 7.13. The van der Waals surface area contributed by atoms with E-state index in [0.29, 0.717) is 11.7 Å². The van der Waals surface area contributed by atoms with E-state index in [-0.39, 0.29) is 11.9 Å². The third kappa shape index (κ3) is 4.08. The lowest BCUT2D eigenvalue weighted by Crippen LogP contribution is -2.36. The highest BCUT2D eigenvalue weighted by molar-refractivity contribution is 9.09. The summed E-state index contributed by atoms with van der Waals surface area (Å²) >= 11 is 3.39. The molecule has 1 rings (SSSR count). The van der Waals surface area contributed by atoms with Crippen molar-refractivity contribution in [2.24, 2.45) is 5.92 Å². The van der Waals surface area contributed by atoms with Crippen LogP contribution in [0, 0.1) is 5.92 Å². The Morgan fingerprint density at radius 2 is 2.33 bits per heavy atom. The first-order valence-electron chi connectivity index (χ1n) is 5.03. The summed E-state index contributed by atoms with van der Waals surface area (Å²) in [6.45, 7) is 4.27. The number of furan rings is 1. The van der Waals surface area contributed by atoms with E-state index in [1.54, 1.807) is 12.1 Å². The van der Waals surface area contributed by atoms with Crippen LogP contribution in [-0.2, 0) is 0 Å². The zero-order valence-electron chi connectivity index (χ0n) is 9.00. The number of carbonyl (C=O) groups excluding carboxylic acids is 1. The highest BCUT2D eigenvalue weighted by Gasteiger charge is 2.15. The van der Waals surface area contributed by atoms with Gasteiger partial charge in [0, 0.05) is 11.4 Å². The second-order valence-electron chi connectivity index (χ2n) is 3.93. The third-order valence-corrected chi connectivity index (χ3v) is 2.80. The van der Waals surface area contributed by atoms with Gasteiger partial charge in [0.1, 0.15) is 0 Å². The molecule has 15 heavy (non-hydrogen) atoms. The monoisotopic (exact) mass is 273 g/mol. The Kier molecular flexibility index (Phi) is 4.88. The molecule has 0 aliphatic rings. The van der Waals surface area contributed by atoms with Crippen LogP contribution in [0.4, 0.5) is 0 Å². The Morgan fingerprint density at radius 3 is 2.80 bits per heavy atom. The number of alkyl halides is 1. The molecule has 1 atom stereocenters. The second-order valence-corrected chi connectivity index (χ2v) is 4.58. The molecule has 0 aliphatic carbocycles. The van der Waals surface area contributed by atoms with Gasteiger partial charge in [-0.3, -0.25) is 4.79 Å². The fourth-order valence-corrected chi connectivity index (χ4v) is 1.82. The van der Waals surface area contributed by atoms with E-state index in [9.17, 15) is 4.79 Å². The Hall–Kier alpha value is -0.770. The van der Waals surface area contributed by atoms with Crippen molar-refractivity contribution in [1.82, 2.24) is 5.32 Å². The number of amides is 1. The molecule has 1 amide bonds. The molecule has 0 saturated heterocycles. The molecule has 3 nitrogen and oxygen atoms in total. The number of hydrogen-bond acceptors (Lipinski definition) is 2. The van der Waals surface area contributed by atoms with E-state index in [4.69, 9.17) is 4.42 Å². The number of nitrogens with one attached hydrogen (secondary N) is 1. The van der Waals surface area contributed by atoms with Crippen LogP contribution >= 0.6 is 15.9 Å². The zero-order chi connectivity index (χ0) is 11.3. The van der Waals surface area contributed by atoms with Crippen LogP contribution in [0.15, 0.2) is 22.8 Å². The van der Waals surface area contributed by atoms with Crippen LogP contribution in [0.1, 0.15) is 30.8 Å². The van der Waals surface area contributed by atoms with Gasteiger partial charge < -0.3 is 9.73 Å². The van der Waals surface area contributed by atoms with Crippen molar-refractivity contribution in [1.29, 1.82) is 0 Å². The van der Waals surface area contributed by atoms with E-state index in [1.807, 2.05) is 0 Å². The number of rotatable bonds is 5. The van der Waals surface area contributed by atoms with E-state index in [2.05, 4.69) is 35.1 Å². The van der Waals surface area contributed by atoms with Crippen molar-refractivity contribution in [2.75, 3.05) is 5.33 Å². The summed E-state index contributed by atoms with van der Waals surface area (Å²) in [4.78, 5) is 11.6. The van der Waals surface area contributed by atoms with Crippen molar-refractivity contribution < 1.29 is 9.21 Å². The van der Waals surface area contributed by atoms with Gasteiger partial charge in [0.15, 0.2) is 5.76 Å². The molecule has 1 N–H and O–H groups in total. The maximum absolute atomic E-state index is 11.6. The van der Waals surface area contributed by atoms with Crippen molar-refractivity contribution in [3.8, 4) is 0 Å². The quantitative estimate of drug-likeness (QED) is 0.839. The van der Waals surface area contributed by atoms with Crippen LogP contribution in [-0.4, -0.2) is 17.3 Å². The largest absolute Gasteiger partial charge is 0.459 e. The van der Waals surface area contributed by atoms with Gasteiger partial charge in [0.05, 0.1) is 6.26 Å². The number of hydrogen-bond donors (Lipinski definition) is 1. The minimum absolute atomic E-state index is 0.148. The molecule has 1 aromatic rings. The van der Waals surface area contributed by atoms with Gasteiger partial charge in [0.25, 0.3) is 5.91 Å². The number of halogens is 1. The van der Waals surface area contributed by atoms with Crippen LogP contribution in [0.25, 0.3) is 0 Å². The van der Waals surface area contributed by atoms with Gasteiger partial charge in [-0.25, -0.2) is 0 Å². The van der Waals surface area contributed by atoms with E-state index >= 15 is 0 Å². The molecule has 0 aromatic carbocycles. The third-order valence-electron chi connectivity index (χ3n) is 2.02. The summed E-state index contributed by atoms with van der Waals surface area (Å²) in [5.74, 6) is 0.777. The summed E-state index contributed by atoms with van der Waals surface area (Å²) in [6, 6.07) is 3.53. The minimum Gasteiger partial charge on any atom is -0.459 e. The molecule has 0 radical (unpaired) electrons. The maximum Gasteiger partial charge on any atom is 0.287 e. The van der Waals surface area contributed by atoms with Crippen LogP contribution in [0.5, 0.6) is 0 Å². The molecule has 1 aromatic heterocycles. The van der Waals surface area contributed by atoms with Crippen LogP contribution < -0.4 is 5.32 Å². The topological polar surface area (TPSA) is 42.2 Å². The first kappa shape index (κ1) is 12.3. The summed E-state index contributed by atoms with van der Waals surface area (Å²) in [6.07, 6.45) is 2.46. The lowest BCUT2D eigenvalue weighted by Gasteiger charge is -2.17. The van der Waals surface area contributed by atoms with Gasteiger partial charge in [-0.2, -0.15) is 0 Å². The van der Waals surface area contributed by atoms with E-state index in [0.717, 1.165) is 11.8 Å². The molecular formula is C11H16BrNO2.